The van der Waals surface area contributed by atoms with Crippen LogP contribution in [0.4, 0.5) is 5.00 Å². The molecule has 0 saturated carbocycles. The van der Waals surface area contributed by atoms with Crippen molar-refractivity contribution < 1.29 is 19.5 Å². The van der Waals surface area contributed by atoms with Gasteiger partial charge in [0.1, 0.15) is 6.04 Å². The third-order valence-electron chi connectivity index (χ3n) is 2.58. The lowest BCUT2D eigenvalue weighted by Crippen LogP contribution is -2.41. The summed E-state index contributed by atoms with van der Waals surface area (Å²) >= 11 is 1.12. The van der Waals surface area contributed by atoms with Crippen LogP contribution >= 0.6 is 11.3 Å². The number of carbonyl (C=O) groups is 3. The molecule has 6 nitrogen and oxygen atoms in total. The average molecular weight is 284 g/mol. The maximum Gasteiger partial charge on any atom is 0.326 e. The van der Waals surface area contributed by atoms with E-state index in [1.165, 1.54) is 18.9 Å². The maximum atomic E-state index is 12.1. The van der Waals surface area contributed by atoms with Crippen LogP contribution in [0.1, 0.15) is 29.9 Å². The molecule has 19 heavy (non-hydrogen) atoms. The second-order valence-electron chi connectivity index (χ2n) is 4.02. The van der Waals surface area contributed by atoms with E-state index in [-0.39, 0.29) is 11.8 Å². The van der Waals surface area contributed by atoms with E-state index in [1.807, 2.05) is 0 Å². The van der Waals surface area contributed by atoms with Gasteiger partial charge in [0.2, 0.25) is 5.91 Å². The molecule has 0 radical (unpaired) electrons. The van der Waals surface area contributed by atoms with Gasteiger partial charge in [-0.2, -0.15) is 0 Å². The SMILES string of the molecule is CCC(C(=O)O)N(C)C(=O)c1ccc(NC(C)=O)s1. The molecular formula is C12H16N2O4S. The van der Waals surface area contributed by atoms with Gasteiger partial charge in [-0.3, -0.25) is 9.59 Å². The Morgan fingerprint density at radius 2 is 2.05 bits per heavy atom. The Morgan fingerprint density at radius 3 is 2.53 bits per heavy atom. The van der Waals surface area contributed by atoms with Crippen molar-refractivity contribution in [3.05, 3.63) is 17.0 Å². The summed E-state index contributed by atoms with van der Waals surface area (Å²) in [7, 11) is 1.46. The molecule has 2 amide bonds. The van der Waals surface area contributed by atoms with Gasteiger partial charge >= 0.3 is 5.97 Å². The second kappa shape index (κ2) is 6.33. The van der Waals surface area contributed by atoms with Crippen LogP contribution in [-0.2, 0) is 9.59 Å². The van der Waals surface area contributed by atoms with Crippen LogP contribution in [0.3, 0.4) is 0 Å². The quantitative estimate of drug-likeness (QED) is 0.860. The molecular weight excluding hydrogens is 268 g/mol. The summed E-state index contributed by atoms with van der Waals surface area (Å²) in [5.41, 5.74) is 0. The smallest absolute Gasteiger partial charge is 0.326 e. The summed E-state index contributed by atoms with van der Waals surface area (Å²) in [6, 6.07) is 2.34. The van der Waals surface area contributed by atoms with E-state index in [4.69, 9.17) is 5.11 Å². The molecule has 0 aliphatic carbocycles. The number of nitrogens with one attached hydrogen (secondary N) is 1. The van der Waals surface area contributed by atoms with Gasteiger partial charge in [-0.15, -0.1) is 11.3 Å². The van der Waals surface area contributed by atoms with Gasteiger partial charge in [-0.1, -0.05) is 6.92 Å². The van der Waals surface area contributed by atoms with Gasteiger partial charge in [0.05, 0.1) is 9.88 Å². The largest absolute Gasteiger partial charge is 0.480 e. The fourth-order valence-electron chi connectivity index (χ4n) is 1.62. The van der Waals surface area contributed by atoms with Crippen LogP contribution in [0.25, 0.3) is 0 Å². The third kappa shape index (κ3) is 3.78. The third-order valence-corrected chi connectivity index (χ3v) is 3.56. The number of nitrogens with zero attached hydrogens (tertiary/aromatic N) is 1. The summed E-state index contributed by atoms with van der Waals surface area (Å²) in [5.74, 6) is -1.61. The van der Waals surface area contributed by atoms with Crippen molar-refractivity contribution >= 4 is 34.1 Å². The summed E-state index contributed by atoms with van der Waals surface area (Å²) in [6.07, 6.45) is 0.335. The Morgan fingerprint density at radius 1 is 1.42 bits per heavy atom. The van der Waals surface area contributed by atoms with Gasteiger partial charge in [-0.05, 0) is 18.6 Å². The van der Waals surface area contributed by atoms with Crippen molar-refractivity contribution in [2.45, 2.75) is 26.3 Å². The number of likely N-dealkylation sites (N-methyl/N-ethyl adjacent to an activating group) is 1. The van der Waals surface area contributed by atoms with Crippen molar-refractivity contribution in [1.29, 1.82) is 0 Å². The maximum absolute atomic E-state index is 12.1. The van der Waals surface area contributed by atoms with Crippen LogP contribution in [0.15, 0.2) is 12.1 Å². The molecule has 104 valence electrons. The lowest BCUT2D eigenvalue weighted by molar-refractivity contribution is -0.142. The first-order valence-corrected chi connectivity index (χ1v) is 6.55. The number of carbonyl (C=O) groups excluding carboxylic acids is 2. The van der Waals surface area contributed by atoms with Crippen molar-refractivity contribution in [2.75, 3.05) is 12.4 Å². The van der Waals surface area contributed by atoms with E-state index >= 15 is 0 Å². The molecule has 1 unspecified atom stereocenters. The lowest BCUT2D eigenvalue weighted by atomic mass is 10.2. The number of carboxylic acids is 1. The molecule has 1 aromatic rings. The van der Waals surface area contributed by atoms with E-state index < -0.39 is 12.0 Å². The van der Waals surface area contributed by atoms with E-state index in [1.54, 1.807) is 19.1 Å². The normalized spacial score (nSPS) is 11.7. The minimum absolute atomic E-state index is 0.217. The molecule has 0 aromatic carbocycles. The summed E-state index contributed by atoms with van der Waals surface area (Å²) in [5, 5.41) is 12.2. The number of hydrogen-bond acceptors (Lipinski definition) is 4. The number of rotatable bonds is 5. The van der Waals surface area contributed by atoms with Crippen molar-refractivity contribution in [3.63, 3.8) is 0 Å². The van der Waals surface area contributed by atoms with Crippen molar-refractivity contribution in [3.8, 4) is 0 Å². The highest BCUT2D eigenvalue weighted by Gasteiger charge is 2.26. The zero-order chi connectivity index (χ0) is 14.6. The van der Waals surface area contributed by atoms with E-state index in [0.29, 0.717) is 16.3 Å². The van der Waals surface area contributed by atoms with Crippen LogP contribution in [0.2, 0.25) is 0 Å². The molecule has 0 fully saturated rings. The number of amides is 2. The Kier molecular flexibility index (Phi) is 5.05. The molecule has 1 atom stereocenters. The number of hydrogen-bond donors (Lipinski definition) is 2. The topological polar surface area (TPSA) is 86.7 Å². The monoisotopic (exact) mass is 284 g/mol. The van der Waals surface area contributed by atoms with Crippen LogP contribution in [0.5, 0.6) is 0 Å². The zero-order valence-corrected chi connectivity index (χ0v) is 11.8. The molecule has 1 rings (SSSR count). The number of aliphatic carboxylic acids is 1. The molecule has 0 bridgehead atoms. The summed E-state index contributed by atoms with van der Waals surface area (Å²) in [4.78, 5) is 35.6. The fourth-order valence-corrected chi connectivity index (χ4v) is 2.56. The minimum atomic E-state index is -1.03. The highest BCUT2D eigenvalue weighted by Crippen LogP contribution is 2.23. The van der Waals surface area contributed by atoms with Crippen LogP contribution < -0.4 is 5.32 Å². The number of thiophene rings is 1. The van der Waals surface area contributed by atoms with Gasteiger partial charge in [0, 0.05) is 14.0 Å². The molecule has 0 spiro atoms. The Hall–Kier alpha value is -1.89. The number of carboxylic acid groups (broad SMARTS) is 1. The minimum Gasteiger partial charge on any atom is -0.480 e. The first-order chi connectivity index (χ1) is 8.86. The van der Waals surface area contributed by atoms with Gasteiger partial charge in [-0.25, -0.2) is 4.79 Å². The highest BCUT2D eigenvalue weighted by molar-refractivity contribution is 7.18. The molecule has 0 saturated heterocycles. The zero-order valence-electron chi connectivity index (χ0n) is 11.0. The Labute approximate surface area is 115 Å². The predicted molar refractivity (Wildman–Crippen MR) is 72.4 cm³/mol. The lowest BCUT2D eigenvalue weighted by Gasteiger charge is -2.22. The standard InChI is InChI=1S/C12H16N2O4S/c1-4-8(12(17)18)14(3)11(16)9-5-6-10(19-9)13-7(2)15/h5-6,8H,4H2,1-3H3,(H,13,15)(H,17,18). The van der Waals surface area contributed by atoms with Gasteiger partial charge in [0.25, 0.3) is 5.91 Å². The van der Waals surface area contributed by atoms with Crippen molar-refractivity contribution in [1.82, 2.24) is 4.90 Å². The van der Waals surface area contributed by atoms with E-state index in [0.717, 1.165) is 11.3 Å². The molecule has 0 aliphatic heterocycles. The summed E-state index contributed by atoms with van der Waals surface area (Å²) < 4.78 is 0. The molecule has 7 heteroatoms. The highest BCUT2D eigenvalue weighted by atomic mass is 32.1. The molecule has 1 aromatic heterocycles. The Bertz CT molecular complexity index is 498. The average Bonchev–Trinajstić information content (AvgIpc) is 2.75. The first kappa shape index (κ1) is 15.2. The van der Waals surface area contributed by atoms with Crippen molar-refractivity contribution in [2.24, 2.45) is 0 Å². The first-order valence-electron chi connectivity index (χ1n) is 5.74. The van der Waals surface area contributed by atoms with E-state index in [9.17, 15) is 14.4 Å². The Balaban J connectivity index is 2.84. The van der Waals surface area contributed by atoms with Gasteiger partial charge in [0.15, 0.2) is 0 Å². The van der Waals surface area contributed by atoms with Crippen LogP contribution in [0, 0.1) is 0 Å². The van der Waals surface area contributed by atoms with Crippen LogP contribution in [-0.4, -0.2) is 40.9 Å². The predicted octanol–water partition coefficient (Wildman–Crippen LogP) is 1.64. The fraction of sp³-hybridized carbons (Fsp3) is 0.417. The van der Waals surface area contributed by atoms with E-state index in [2.05, 4.69) is 5.32 Å². The van der Waals surface area contributed by atoms with Gasteiger partial charge < -0.3 is 15.3 Å². The number of anilines is 1. The molecule has 0 aliphatic rings. The molecule has 2 N–H and O–H groups in total. The summed E-state index contributed by atoms with van der Waals surface area (Å²) in [6.45, 7) is 3.09. The molecule has 1 heterocycles. The second-order valence-corrected chi connectivity index (χ2v) is 5.11.